The minimum absolute atomic E-state index is 0. The SMILES string of the molecule is Br.Cc1cc(C)cc(PCCC(C)C)c1. The average Bonchev–Trinajstić information content (AvgIpc) is 2.01. The van der Waals surface area contributed by atoms with E-state index in [4.69, 9.17) is 0 Å². The van der Waals surface area contributed by atoms with E-state index in [-0.39, 0.29) is 17.0 Å². The van der Waals surface area contributed by atoms with Gasteiger partial charge in [0, 0.05) is 0 Å². The summed E-state index contributed by atoms with van der Waals surface area (Å²) < 4.78 is 0. The lowest BCUT2D eigenvalue weighted by atomic mass is 10.2. The molecule has 0 nitrogen and oxygen atoms in total. The molecule has 0 fully saturated rings. The van der Waals surface area contributed by atoms with E-state index in [1.165, 1.54) is 29.0 Å². The van der Waals surface area contributed by atoms with Gasteiger partial charge in [-0.25, -0.2) is 0 Å². The Bertz CT molecular complexity index is 274. The molecule has 86 valence electrons. The Morgan fingerprint density at radius 3 is 2.07 bits per heavy atom. The molecule has 0 radical (unpaired) electrons. The van der Waals surface area contributed by atoms with Gasteiger partial charge in [0.2, 0.25) is 0 Å². The molecule has 1 aromatic rings. The Balaban J connectivity index is 0.00000196. The first-order chi connectivity index (χ1) is 6.58. The minimum Gasteiger partial charge on any atom is -0.114 e. The Morgan fingerprint density at radius 2 is 1.60 bits per heavy atom. The van der Waals surface area contributed by atoms with E-state index in [1.54, 1.807) is 0 Å². The van der Waals surface area contributed by atoms with Crippen LogP contribution in [-0.4, -0.2) is 6.16 Å². The Kier molecular flexibility index (Phi) is 7.48. The molecule has 1 rings (SSSR count). The lowest BCUT2D eigenvalue weighted by Gasteiger charge is -2.06. The van der Waals surface area contributed by atoms with Crippen LogP contribution in [0.2, 0.25) is 0 Å². The number of aryl methyl sites for hydroxylation is 2. The third-order valence-electron chi connectivity index (χ3n) is 2.27. The van der Waals surface area contributed by atoms with Gasteiger partial charge in [-0.1, -0.05) is 51.8 Å². The van der Waals surface area contributed by atoms with Crippen LogP contribution >= 0.6 is 25.6 Å². The van der Waals surface area contributed by atoms with Crippen LogP contribution in [0, 0.1) is 19.8 Å². The Hall–Kier alpha value is 0.130. The van der Waals surface area contributed by atoms with Crippen molar-refractivity contribution >= 4 is 30.9 Å². The summed E-state index contributed by atoms with van der Waals surface area (Å²) in [6, 6.07) is 6.90. The third-order valence-corrected chi connectivity index (χ3v) is 3.51. The normalized spacial score (nSPS) is 11.0. The monoisotopic (exact) mass is 288 g/mol. The summed E-state index contributed by atoms with van der Waals surface area (Å²) in [6.07, 6.45) is 2.70. The van der Waals surface area contributed by atoms with Crippen molar-refractivity contribution in [2.45, 2.75) is 34.1 Å². The molecule has 0 aliphatic heterocycles. The van der Waals surface area contributed by atoms with Crippen LogP contribution in [0.15, 0.2) is 18.2 Å². The largest absolute Gasteiger partial charge is 0.114 e. The van der Waals surface area contributed by atoms with Gasteiger partial charge in [-0.15, -0.1) is 17.0 Å². The van der Waals surface area contributed by atoms with Crippen molar-refractivity contribution in [2.24, 2.45) is 5.92 Å². The molecule has 0 bridgehead atoms. The predicted octanol–water partition coefficient (Wildman–Crippen LogP) is 4.23. The highest BCUT2D eigenvalue weighted by Crippen LogP contribution is 2.16. The van der Waals surface area contributed by atoms with Crippen LogP contribution in [0.25, 0.3) is 0 Å². The van der Waals surface area contributed by atoms with E-state index in [0.29, 0.717) is 0 Å². The van der Waals surface area contributed by atoms with Crippen LogP contribution in [0.3, 0.4) is 0 Å². The van der Waals surface area contributed by atoms with Crippen molar-refractivity contribution in [3.8, 4) is 0 Å². The molecule has 0 heterocycles. The van der Waals surface area contributed by atoms with Crippen molar-refractivity contribution in [3.63, 3.8) is 0 Å². The minimum atomic E-state index is 0. The van der Waals surface area contributed by atoms with Crippen LogP contribution in [-0.2, 0) is 0 Å². The van der Waals surface area contributed by atoms with Crippen molar-refractivity contribution in [2.75, 3.05) is 6.16 Å². The van der Waals surface area contributed by atoms with Crippen molar-refractivity contribution in [3.05, 3.63) is 29.3 Å². The van der Waals surface area contributed by atoms with Gasteiger partial charge < -0.3 is 0 Å². The van der Waals surface area contributed by atoms with Gasteiger partial charge in [-0.05, 0) is 37.7 Å². The second-order valence-electron chi connectivity index (χ2n) is 4.49. The van der Waals surface area contributed by atoms with Gasteiger partial charge in [0.05, 0.1) is 0 Å². The molecule has 1 atom stereocenters. The van der Waals surface area contributed by atoms with Gasteiger partial charge in [0.1, 0.15) is 0 Å². The van der Waals surface area contributed by atoms with Crippen molar-refractivity contribution < 1.29 is 0 Å². The highest BCUT2D eigenvalue weighted by atomic mass is 79.9. The van der Waals surface area contributed by atoms with E-state index in [9.17, 15) is 0 Å². The molecule has 0 amide bonds. The number of rotatable bonds is 4. The Labute approximate surface area is 106 Å². The summed E-state index contributed by atoms with van der Waals surface area (Å²) in [7, 11) is 0.990. The van der Waals surface area contributed by atoms with E-state index in [0.717, 1.165) is 14.5 Å². The summed E-state index contributed by atoms with van der Waals surface area (Å²) >= 11 is 0. The molecule has 1 unspecified atom stereocenters. The molecule has 1 aromatic carbocycles. The summed E-state index contributed by atoms with van der Waals surface area (Å²) in [5.74, 6) is 0.841. The molecule has 2 heteroatoms. The van der Waals surface area contributed by atoms with Crippen LogP contribution in [0.4, 0.5) is 0 Å². The zero-order chi connectivity index (χ0) is 10.6. The topological polar surface area (TPSA) is 0 Å². The van der Waals surface area contributed by atoms with E-state index in [2.05, 4.69) is 45.9 Å². The molecular weight excluding hydrogens is 267 g/mol. The quantitative estimate of drug-likeness (QED) is 0.728. The van der Waals surface area contributed by atoms with E-state index < -0.39 is 0 Å². The Morgan fingerprint density at radius 1 is 1.07 bits per heavy atom. The first-order valence-corrected chi connectivity index (χ1v) is 6.61. The van der Waals surface area contributed by atoms with E-state index in [1.807, 2.05) is 0 Å². The highest BCUT2D eigenvalue weighted by molar-refractivity contribution is 8.93. The first kappa shape index (κ1) is 15.1. The molecule has 0 aliphatic carbocycles. The molecule has 0 aromatic heterocycles. The third kappa shape index (κ3) is 6.33. The zero-order valence-corrected chi connectivity index (χ0v) is 12.8. The smallest absolute Gasteiger partial charge is 0.0266 e. The lowest BCUT2D eigenvalue weighted by molar-refractivity contribution is 0.631. The lowest BCUT2D eigenvalue weighted by Crippen LogP contribution is -1.99. The average molecular weight is 289 g/mol. The van der Waals surface area contributed by atoms with Gasteiger partial charge in [0.15, 0.2) is 0 Å². The van der Waals surface area contributed by atoms with Crippen LogP contribution in [0.5, 0.6) is 0 Å². The van der Waals surface area contributed by atoms with Crippen molar-refractivity contribution in [1.29, 1.82) is 0 Å². The second kappa shape index (κ2) is 7.41. The van der Waals surface area contributed by atoms with Crippen LogP contribution in [0.1, 0.15) is 31.4 Å². The van der Waals surface area contributed by atoms with Crippen molar-refractivity contribution in [1.82, 2.24) is 0 Å². The summed E-state index contributed by atoms with van der Waals surface area (Å²) in [6.45, 7) is 8.96. The van der Waals surface area contributed by atoms with E-state index >= 15 is 0 Å². The molecule has 0 saturated heterocycles. The highest BCUT2D eigenvalue weighted by Gasteiger charge is 1.98. The first-order valence-electron chi connectivity index (χ1n) is 5.40. The fourth-order valence-electron chi connectivity index (χ4n) is 1.58. The van der Waals surface area contributed by atoms with Gasteiger partial charge in [0.25, 0.3) is 0 Å². The number of hydrogen-bond donors (Lipinski definition) is 0. The number of hydrogen-bond acceptors (Lipinski definition) is 0. The van der Waals surface area contributed by atoms with Gasteiger partial charge in [-0.2, -0.15) is 0 Å². The standard InChI is InChI=1S/C13H21P.BrH/c1-10(2)5-6-14-13-8-11(3)7-12(4)9-13;/h7-10,14H,5-6H2,1-4H3;1H. The molecule has 0 spiro atoms. The zero-order valence-electron chi connectivity index (χ0n) is 10.1. The molecule has 15 heavy (non-hydrogen) atoms. The maximum absolute atomic E-state index is 2.33. The molecule has 0 N–H and O–H groups in total. The second-order valence-corrected chi connectivity index (χ2v) is 5.92. The summed E-state index contributed by atoms with van der Waals surface area (Å²) in [4.78, 5) is 0. The molecule has 0 aliphatic rings. The predicted molar refractivity (Wildman–Crippen MR) is 78.5 cm³/mol. The number of halogens is 1. The summed E-state index contributed by atoms with van der Waals surface area (Å²) in [5.41, 5.74) is 2.80. The maximum atomic E-state index is 2.33. The maximum Gasteiger partial charge on any atom is -0.0266 e. The van der Waals surface area contributed by atoms with Gasteiger partial charge >= 0.3 is 0 Å². The fraction of sp³-hybridized carbons (Fsp3) is 0.538. The molecular formula is C13H22BrP. The fourth-order valence-corrected chi connectivity index (χ4v) is 3.25. The number of benzene rings is 1. The summed E-state index contributed by atoms with van der Waals surface area (Å²) in [5, 5.41) is 1.53. The molecule has 0 saturated carbocycles. The van der Waals surface area contributed by atoms with Crippen LogP contribution < -0.4 is 5.30 Å². The van der Waals surface area contributed by atoms with Gasteiger partial charge in [-0.3, -0.25) is 0 Å².